The van der Waals surface area contributed by atoms with Gasteiger partial charge in [0.15, 0.2) is 0 Å². The maximum Gasteiger partial charge on any atom is 0.287 e. The summed E-state index contributed by atoms with van der Waals surface area (Å²) in [6, 6.07) is 1.47. The standard InChI is InChI=1S/C12H16BrN3O3/c1-15-7-10(16(18)19)6-11(15)12(17)14-9-4-2-8(13)3-5-9/h6-9H,2-5H2,1H3,(H,14,17). The minimum absolute atomic E-state index is 0.0585. The average molecular weight is 330 g/mol. The molecule has 1 amide bonds. The third-order valence-corrected chi connectivity index (χ3v) is 4.34. The molecule has 1 saturated carbocycles. The lowest BCUT2D eigenvalue weighted by Gasteiger charge is -2.25. The Morgan fingerprint density at radius 3 is 2.63 bits per heavy atom. The summed E-state index contributed by atoms with van der Waals surface area (Å²) in [6.07, 6.45) is 5.31. The Kier molecular flexibility index (Phi) is 4.24. The van der Waals surface area contributed by atoms with Crippen molar-refractivity contribution in [1.82, 2.24) is 9.88 Å². The van der Waals surface area contributed by atoms with Crippen LogP contribution in [-0.2, 0) is 7.05 Å². The molecule has 0 aromatic carbocycles. The smallest absolute Gasteiger partial charge is 0.287 e. The highest BCUT2D eigenvalue weighted by Gasteiger charge is 2.23. The van der Waals surface area contributed by atoms with Gasteiger partial charge >= 0.3 is 0 Å². The zero-order chi connectivity index (χ0) is 14.0. The van der Waals surface area contributed by atoms with E-state index in [2.05, 4.69) is 21.2 Å². The number of alkyl halides is 1. The lowest BCUT2D eigenvalue weighted by Crippen LogP contribution is -2.38. The summed E-state index contributed by atoms with van der Waals surface area (Å²) >= 11 is 3.57. The van der Waals surface area contributed by atoms with Gasteiger partial charge in [0.05, 0.1) is 11.1 Å². The number of carbonyl (C=O) groups is 1. The van der Waals surface area contributed by atoms with Gasteiger partial charge in [-0.25, -0.2) is 0 Å². The molecule has 1 aromatic rings. The van der Waals surface area contributed by atoms with Crippen LogP contribution in [0.25, 0.3) is 0 Å². The first kappa shape index (κ1) is 14.0. The number of halogens is 1. The van der Waals surface area contributed by atoms with E-state index in [0.717, 1.165) is 25.7 Å². The SMILES string of the molecule is Cn1cc([N+](=O)[O-])cc1C(=O)NC1CCC(Br)CC1. The number of aryl methyl sites for hydroxylation is 1. The van der Waals surface area contributed by atoms with Crippen LogP contribution in [0.15, 0.2) is 12.3 Å². The van der Waals surface area contributed by atoms with E-state index in [1.165, 1.54) is 16.8 Å². The molecule has 2 rings (SSSR count). The van der Waals surface area contributed by atoms with Crippen LogP contribution in [-0.4, -0.2) is 26.3 Å². The molecule has 0 unspecified atom stereocenters. The van der Waals surface area contributed by atoms with Gasteiger partial charge in [-0.3, -0.25) is 14.9 Å². The highest BCUT2D eigenvalue weighted by atomic mass is 79.9. The summed E-state index contributed by atoms with van der Waals surface area (Å²) < 4.78 is 1.49. The van der Waals surface area contributed by atoms with E-state index < -0.39 is 4.92 Å². The van der Waals surface area contributed by atoms with Gasteiger partial charge in [0, 0.05) is 24.0 Å². The number of amides is 1. The second-order valence-corrected chi connectivity index (χ2v) is 6.17. The zero-order valence-corrected chi connectivity index (χ0v) is 12.2. The number of hydrogen-bond donors (Lipinski definition) is 1. The normalized spacial score (nSPS) is 23.1. The van der Waals surface area contributed by atoms with Crippen LogP contribution >= 0.6 is 15.9 Å². The molecule has 6 nitrogen and oxygen atoms in total. The molecule has 104 valence electrons. The molecular weight excluding hydrogens is 314 g/mol. The third kappa shape index (κ3) is 3.34. The van der Waals surface area contributed by atoms with Gasteiger partial charge in [-0.15, -0.1) is 0 Å². The monoisotopic (exact) mass is 329 g/mol. The van der Waals surface area contributed by atoms with Gasteiger partial charge < -0.3 is 9.88 Å². The predicted octanol–water partition coefficient (Wildman–Crippen LogP) is 2.37. The van der Waals surface area contributed by atoms with Gasteiger partial charge in [0.2, 0.25) is 0 Å². The molecular formula is C12H16BrN3O3. The van der Waals surface area contributed by atoms with E-state index in [0.29, 0.717) is 10.5 Å². The highest BCUT2D eigenvalue weighted by Crippen LogP contribution is 2.24. The third-order valence-electron chi connectivity index (χ3n) is 3.43. The van der Waals surface area contributed by atoms with Crippen LogP contribution in [0.5, 0.6) is 0 Å². The summed E-state index contributed by atoms with van der Waals surface area (Å²) in [5, 5.41) is 13.6. The van der Waals surface area contributed by atoms with Crippen LogP contribution in [0.1, 0.15) is 36.2 Å². The van der Waals surface area contributed by atoms with Gasteiger partial charge in [-0.05, 0) is 25.7 Å². The minimum atomic E-state index is -0.493. The topological polar surface area (TPSA) is 77.2 Å². The lowest BCUT2D eigenvalue weighted by atomic mass is 9.95. The van der Waals surface area contributed by atoms with E-state index in [-0.39, 0.29) is 17.6 Å². The van der Waals surface area contributed by atoms with Crippen LogP contribution < -0.4 is 5.32 Å². The van der Waals surface area contributed by atoms with Crippen molar-refractivity contribution in [2.45, 2.75) is 36.6 Å². The highest BCUT2D eigenvalue weighted by molar-refractivity contribution is 9.09. The number of carbonyl (C=O) groups excluding carboxylic acids is 1. The predicted molar refractivity (Wildman–Crippen MR) is 74.5 cm³/mol. The van der Waals surface area contributed by atoms with Crippen molar-refractivity contribution in [1.29, 1.82) is 0 Å². The van der Waals surface area contributed by atoms with Crippen molar-refractivity contribution in [3.63, 3.8) is 0 Å². The average Bonchev–Trinajstić information content (AvgIpc) is 2.74. The molecule has 1 aliphatic rings. The minimum Gasteiger partial charge on any atom is -0.348 e. The summed E-state index contributed by atoms with van der Waals surface area (Å²) in [7, 11) is 1.64. The molecule has 0 saturated heterocycles. The number of rotatable bonds is 3. The molecule has 1 heterocycles. The van der Waals surface area contributed by atoms with Gasteiger partial charge in [-0.1, -0.05) is 15.9 Å². The van der Waals surface area contributed by atoms with Crippen LogP contribution in [0.2, 0.25) is 0 Å². The fraction of sp³-hybridized carbons (Fsp3) is 0.583. The number of nitrogens with zero attached hydrogens (tertiary/aromatic N) is 2. The Morgan fingerprint density at radius 1 is 1.47 bits per heavy atom. The van der Waals surface area contributed by atoms with Crippen molar-refractivity contribution in [3.05, 3.63) is 28.1 Å². The Labute approximate surface area is 119 Å². The second kappa shape index (κ2) is 5.73. The molecule has 19 heavy (non-hydrogen) atoms. The molecule has 0 spiro atoms. The fourth-order valence-corrected chi connectivity index (χ4v) is 2.86. The van der Waals surface area contributed by atoms with E-state index in [9.17, 15) is 14.9 Å². The quantitative estimate of drug-likeness (QED) is 0.525. The molecule has 7 heteroatoms. The Bertz CT molecular complexity index is 492. The largest absolute Gasteiger partial charge is 0.348 e. The maximum atomic E-state index is 12.1. The molecule has 0 radical (unpaired) electrons. The van der Waals surface area contributed by atoms with Crippen LogP contribution in [0.3, 0.4) is 0 Å². The van der Waals surface area contributed by atoms with E-state index in [1.807, 2.05) is 0 Å². The molecule has 0 bridgehead atoms. The van der Waals surface area contributed by atoms with E-state index >= 15 is 0 Å². The molecule has 1 fully saturated rings. The summed E-state index contributed by atoms with van der Waals surface area (Å²) in [6.45, 7) is 0. The first-order valence-corrected chi connectivity index (χ1v) is 7.14. The zero-order valence-electron chi connectivity index (χ0n) is 10.6. The van der Waals surface area contributed by atoms with Gasteiger partial charge in [-0.2, -0.15) is 0 Å². The molecule has 1 N–H and O–H groups in total. The summed E-state index contributed by atoms with van der Waals surface area (Å²) in [5.74, 6) is -0.242. The van der Waals surface area contributed by atoms with E-state index in [1.54, 1.807) is 7.05 Å². The number of aromatic nitrogens is 1. The Morgan fingerprint density at radius 2 is 2.11 bits per heavy atom. The Balaban J connectivity index is 2.02. The van der Waals surface area contributed by atoms with Crippen molar-refractivity contribution < 1.29 is 9.72 Å². The van der Waals surface area contributed by atoms with Crippen LogP contribution in [0, 0.1) is 10.1 Å². The number of hydrogen-bond acceptors (Lipinski definition) is 3. The molecule has 0 aliphatic heterocycles. The maximum absolute atomic E-state index is 12.1. The van der Waals surface area contributed by atoms with Gasteiger partial charge in [0.25, 0.3) is 11.6 Å². The van der Waals surface area contributed by atoms with Crippen molar-refractivity contribution in [2.75, 3.05) is 0 Å². The second-order valence-electron chi connectivity index (χ2n) is 4.87. The molecule has 0 atom stereocenters. The number of nitrogens with one attached hydrogen (secondary N) is 1. The van der Waals surface area contributed by atoms with Crippen molar-refractivity contribution >= 4 is 27.5 Å². The van der Waals surface area contributed by atoms with E-state index in [4.69, 9.17) is 0 Å². The first-order valence-electron chi connectivity index (χ1n) is 6.23. The number of nitro groups is 1. The Hall–Kier alpha value is -1.37. The summed E-state index contributed by atoms with van der Waals surface area (Å²) in [4.78, 5) is 22.8. The molecule has 1 aliphatic carbocycles. The molecule has 1 aromatic heterocycles. The van der Waals surface area contributed by atoms with Gasteiger partial charge in [0.1, 0.15) is 5.69 Å². The lowest BCUT2D eigenvalue weighted by molar-refractivity contribution is -0.384. The van der Waals surface area contributed by atoms with Crippen molar-refractivity contribution in [2.24, 2.45) is 7.05 Å². The van der Waals surface area contributed by atoms with Crippen molar-refractivity contribution in [3.8, 4) is 0 Å². The summed E-state index contributed by atoms with van der Waals surface area (Å²) in [5.41, 5.74) is 0.268. The van der Waals surface area contributed by atoms with Crippen LogP contribution in [0.4, 0.5) is 5.69 Å². The fourth-order valence-electron chi connectivity index (χ4n) is 2.33. The first-order chi connectivity index (χ1) is 8.97.